The number of carbonyl (C=O) groups is 2. The molecule has 0 radical (unpaired) electrons. The Hall–Kier alpha value is -3.76. The maximum absolute atomic E-state index is 13.0. The number of nitrogens with one attached hydrogen (secondary N) is 2. The van der Waals surface area contributed by atoms with Gasteiger partial charge in [0.2, 0.25) is 0 Å². The molecule has 10 nitrogen and oxygen atoms in total. The minimum atomic E-state index is -0.329. The molecule has 10 heteroatoms. The summed E-state index contributed by atoms with van der Waals surface area (Å²) in [5, 5.41) is 14.5. The number of nitrogen functional groups attached to an aromatic ring is 1. The summed E-state index contributed by atoms with van der Waals surface area (Å²) < 4.78 is 6.12. The Balaban J connectivity index is 1.64. The summed E-state index contributed by atoms with van der Waals surface area (Å²) >= 11 is 0. The monoisotopic (exact) mass is 480 g/mol. The minimum Gasteiger partial charge on any atom is -0.404 e. The van der Waals surface area contributed by atoms with Gasteiger partial charge in [0.1, 0.15) is 5.82 Å². The maximum Gasteiger partial charge on any atom is 0.255 e. The lowest BCUT2D eigenvalue weighted by atomic mass is 10.1. The first-order valence-electron chi connectivity index (χ1n) is 11.5. The molecule has 2 atom stereocenters. The average Bonchev–Trinajstić information content (AvgIpc) is 3.31. The second-order valence-electron chi connectivity index (χ2n) is 8.21. The van der Waals surface area contributed by atoms with Crippen LogP contribution in [0.3, 0.4) is 0 Å². The predicted molar refractivity (Wildman–Crippen MR) is 135 cm³/mol. The molecule has 1 saturated carbocycles. The lowest BCUT2D eigenvalue weighted by Crippen LogP contribution is -2.41. The number of nitrogens with two attached hydrogens (primary N) is 2. The van der Waals surface area contributed by atoms with Crippen molar-refractivity contribution in [3.63, 3.8) is 0 Å². The van der Waals surface area contributed by atoms with E-state index in [1.807, 2.05) is 6.07 Å². The van der Waals surface area contributed by atoms with Gasteiger partial charge in [0.25, 0.3) is 11.8 Å². The van der Waals surface area contributed by atoms with E-state index in [-0.39, 0.29) is 48.5 Å². The van der Waals surface area contributed by atoms with Crippen LogP contribution in [0.2, 0.25) is 0 Å². The Morgan fingerprint density at radius 3 is 2.83 bits per heavy atom. The van der Waals surface area contributed by atoms with Crippen LogP contribution in [0.5, 0.6) is 0 Å². The van der Waals surface area contributed by atoms with Gasteiger partial charge < -0.3 is 31.9 Å². The van der Waals surface area contributed by atoms with Gasteiger partial charge >= 0.3 is 0 Å². The van der Waals surface area contributed by atoms with E-state index in [1.165, 1.54) is 6.20 Å². The Morgan fingerprint density at radius 1 is 1.26 bits per heavy atom. The number of amides is 2. The van der Waals surface area contributed by atoms with E-state index in [4.69, 9.17) is 21.3 Å². The number of anilines is 1. The van der Waals surface area contributed by atoms with Crippen molar-refractivity contribution in [1.82, 2.24) is 15.6 Å². The van der Waals surface area contributed by atoms with Crippen LogP contribution < -0.4 is 22.1 Å². The molecule has 35 heavy (non-hydrogen) atoms. The van der Waals surface area contributed by atoms with Crippen LogP contribution in [-0.2, 0) is 11.3 Å². The Bertz CT molecular complexity index is 1100. The molecule has 1 aliphatic rings. The zero-order valence-corrected chi connectivity index (χ0v) is 19.7. The number of aliphatic hydroxyl groups is 1. The van der Waals surface area contributed by atoms with Gasteiger partial charge in [0.15, 0.2) is 0 Å². The number of nitrogens with zero attached hydrogens (tertiary/aromatic N) is 2. The largest absolute Gasteiger partial charge is 0.404 e. The van der Waals surface area contributed by atoms with Gasteiger partial charge in [-0.25, -0.2) is 4.98 Å². The standard InChI is InChI=1S/C25H32N6O4/c1-28-13-19(12-26)18-11-20(23(27)30-14-18)25(34)31-21-6-3-7-22(21)35-15-16-4-2-5-17(10-16)24(33)29-8-9-32/h2,4-5,10-14,21-22,32H,3,6-9,15,26H2,1H3,(H2,27,30)(H,29,33)(H,31,34)/t21-,22-/m0/s1. The van der Waals surface area contributed by atoms with Gasteiger partial charge in [0.05, 0.1) is 30.9 Å². The normalized spacial score (nSPS) is 18.1. The van der Waals surface area contributed by atoms with Gasteiger partial charge in [0, 0.05) is 48.9 Å². The SMILES string of the molecule is CN=CC(=CN)c1cnc(N)c(C(=O)N[C@H]2CCC[C@@H]2OCc2cccc(C(=O)NCCO)c2)c1. The van der Waals surface area contributed by atoms with Crippen LogP contribution in [0, 0.1) is 0 Å². The van der Waals surface area contributed by atoms with Crippen molar-refractivity contribution in [1.29, 1.82) is 0 Å². The minimum absolute atomic E-state index is 0.118. The number of hydrogen-bond acceptors (Lipinski definition) is 8. The zero-order valence-electron chi connectivity index (χ0n) is 19.7. The second-order valence-corrected chi connectivity index (χ2v) is 8.21. The molecule has 2 amide bonds. The molecular weight excluding hydrogens is 448 g/mol. The van der Waals surface area contributed by atoms with Gasteiger partial charge in [-0.05, 0) is 43.0 Å². The first kappa shape index (κ1) is 25.9. The zero-order chi connectivity index (χ0) is 25.2. The van der Waals surface area contributed by atoms with E-state index >= 15 is 0 Å². The summed E-state index contributed by atoms with van der Waals surface area (Å²) in [6.07, 6.45) is 6.86. The Morgan fingerprint density at radius 2 is 2.09 bits per heavy atom. The molecule has 1 aromatic heterocycles. The van der Waals surface area contributed by atoms with Crippen LogP contribution in [0.15, 0.2) is 47.7 Å². The number of aliphatic hydroxyl groups excluding tert-OH is 1. The molecule has 0 saturated heterocycles. The van der Waals surface area contributed by atoms with Crippen molar-refractivity contribution in [2.45, 2.75) is 38.0 Å². The van der Waals surface area contributed by atoms with Crippen molar-refractivity contribution < 1.29 is 19.4 Å². The third-order valence-corrected chi connectivity index (χ3v) is 5.76. The number of ether oxygens (including phenoxy) is 1. The summed E-state index contributed by atoms with van der Waals surface area (Å²) in [7, 11) is 1.63. The first-order chi connectivity index (χ1) is 17.0. The lowest BCUT2D eigenvalue weighted by Gasteiger charge is -2.22. The Kier molecular flexibility index (Phi) is 9.33. The molecule has 1 heterocycles. The summed E-state index contributed by atoms with van der Waals surface area (Å²) in [6.45, 7) is 0.382. The quantitative estimate of drug-likeness (QED) is 0.319. The highest BCUT2D eigenvalue weighted by atomic mass is 16.5. The van der Waals surface area contributed by atoms with Crippen LogP contribution >= 0.6 is 0 Å². The lowest BCUT2D eigenvalue weighted by molar-refractivity contribution is 0.0272. The van der Waals surface area contributed by atoms with E-state index < -0.39 is 0 Å². The highest BCUT2D eigenvalue weighted by Crippen LogP contribution is 2.25. The number of aliphatic imine (C=N–C) groups is 1. The molecule has 0 aliphatic heterocycles. The van der Waals surface area contributed by atoms with Gasteiger partial charge in [-0.3, -0.25) is 14.6 Å². The maximum atomic E-state index is 13.0. The summed E-state index contributed by atoms with van der Waals surface area (Å²) in [6, 6.07) is 8.61. The van der Waals surface area contributed by atoms with Gasteiger partial charge in [-0.1, -0.05) is 12.1 Å². The summed E-state index contributed by atoms with van der Waals surface area (Å²) in [5.74, 6) is -0.453. The van der Waals surface area contributed by atoms with E-state index in [0.717, 1.165) is 24.8 Å². The number of allylic oxidation sites excluding steroid dienone is 1. The van der Waals surface area contributed by atoms with E-state index in [9.17, 15) is 9.59 Å². The fourth-order valence-electron chi connectivity index (χ4n) is 3.98. The molecule has 7 N–H and O–H groups in total. The van der Waals surface area contributed by atoms with Crippen molar-refractivity contribution in [3.8, 4) is 0 Å². The average molecular weight is 481 g/mol. The predicted octanol–water partition coefficient (Wildman–Crippen LogP) is 1.25. The topological polar surface area (TPSA) is 165 Å². The highest BCUT2D eigenvalue weighted by molar-refractivity contribution is 6.10. The van der Waals surface area contributed by atoms with Crippen molar-refractivity contribution in [2.24, 2.45) is 10.7 Å². The number of carbonyl (C=O) groups excluding carboxylic acids is 2. The molecule has 2 aromatic rings. The van der Waals surface area contributed by atoms with E-state index in [1.54, 1.807) is 43.7 Å². The van der Waals surface area contributed by atoms with Crippen LogP contribution in [0.1, 0.15) is 51.1 Å². The number of pyridine rings is 1. The van der Waals surface area contributed by atoms with E-state index in [0.29, 0.717) is 23.3 Å². The van der Waals surface area contributed by atoms with Crippen molar-refractivity contribution >= 4 is 29.4 Å². The van der Waals surface area contributed by atoms with Gasteiger partial charge in [-0.15, -0.1) is 0 Å². The highest BCUT2D eigenvalue weighted by Gasteiger charge is 2.30. The third kappa shape index (κ3) is 6.87. The number of rotatable bonds is 10. The molecule has 0 spiro atoms. The van der Waals surface area contributed by atoms with Crippen molar-refractivity contribution in [2.75, 3.05) is 25.9 Å². The fourth-order valence-corrected chi connectivity index (χ4v) is 3.98. The smallest absolute Gasteiger partial charge is 0.255 e. The van der Waals surface area contributed by atoms with Crippen LogP contribution in [0.4, 0.5) is 5.82 Å². The molecular formula is C25H32N6O4. The molecule has 1 aromatic carbocycles. The van der Waals surface area contributed by atoms with Crippen LogP contribution in [-0.4, -0.2) is 60.5 Å². The van der Waals surface area contributed by atoms with E-state index in [2.05, 4.69) is 20.6 Å². The summed E-state index contributed by atoms with van der Waals surface area (Å²) in [4.78, 5) is 33.3. The molecule has 186 valence electrons. The number of aromatic nitrogens is 1. The number of hydrogen-bond donors (Lipinski definition) is 5. The molecule has 1 aliphatic carbocycles. The van der Waals surface area contributed by atoms with Gasteiger partial charge in [-0.2, -0.15) is 0 Å². The molecule has 1 fully saturated rings. The molecule has 3 rings (SSSR count). The molecule has 0 bridgehead atoms. The summed E-state index contributed by atoms with van der Waals surface area (Å²) in [5.41, 5.74) is 14.5. The first-order valence-corrected chi connectivity index (χ1v) is 11.5. The second kappa shape index (κ2) is 12.6. The van der Waals surface area contributed by atoms with Crippen LogP contribution in [0.25, 0.3) is 5.57 Å². The van der Waals surface area contributed by atoms with Crippen molar-refractivity contribution in [3.05, 3.63) is 65.0 Å². The fraction of sp³-hybridized carbons (Fsp3) is 0.360. The molecule has 0 unspecified atom stereocenters. The number of benzene rings is 1. The third-order valence-electron chi connectivity index (χ3n) is 5.76. The Labute approximate surface area is 204 Å².